The molecule has 1 aromatic carbocycles. The highest BCUT2D eigenvalue weighted by Gasteiger charge is 2.12. The maximum absolute atomic E-state index is 12.9. The van der Waals surface area contributed by atoms with Crippen LogP contribution in [0.25, 0.3) is 0 Å². The molecule has 20 heavy (non-hydrogen) atoms. The Kier molecular flexibility index (Phi) is 4.79. The summed E-state index contributed by atoms with van der Waals surface area (Å²) < 4.78 is 18.1. The lowest BCUT2D eigenvalue weighted by Crippen LogP contribution is -2.11. The molecule has 0 aliphatic rings. The standard InChI is InChI=1S/C15H16ClFN2O/c1-3-13(14-7-4-10(17)9-18-14)19-11-5-6-12(16)15(8-11)20-2/h4-9,13,19H,3H2,1-2H3. The van der Waals surface area contributed by atoms with Gasteiger partial charge in [-0.1, -0.05) is 18.5 Å². The van der Waals surface area contributed by atoms with Crippen LogP contribution in [0.1, 0.15) is 25.1 Å². The van der Waals surface area contributed by atoms with Crippen LogP contribution in [0.15, 0.2) is 36.5 Å². The number of methoxy groups -OCH3 is 1. The summed E-state index contributed by atoms with van der Waals surface area (Å²) in [5, 5.41) is 3.90. The van der Waals surface area contributed by atoms with Gasteiger partial charge in [0.1, 0.15) is 11.6 Å². The van der Waals surface area contributed by atoms with Crippen LogP contribution in [0.4, 0.5) is 10.1 Å². The van der Waals surface area contributed by atoms with Gasteiger partial charge in [0.05, 0.1) is 30.1 Å². The van der Waals surface area contributed by atoms with Crippen LogP contribution in [0.3, 0.4) is 0 Å². The molecule has 0 saturated heterocycles. The third kappa shape index (κ3) is 3.39. The zero-order valence-corrected chi connectivity index (χ0v) is 12.1. The molecule has 0 amide bonds. The molecule has 0 aliphatic carbocycles. The number of hydrogen-bond donors (Lipinski definition) is 1. The first-order valence-corrected chi connectivity index (χ1v) is 6.73. The van der Waals surface area contributed by atoms with Crippen LogP contribution in [0, 0.1) is 5.82 Å². The van der Waals surface area contributed by atoms with E-state index in [1.54, 1.807) is 19.2 Å². The fraction of sp³-hybridized carbons (Fsp3) is 0.267. The second kappa shape index (κ2) is 6.57. The van der Waals surface area contributed by atoms with Gasteiger partial charge in [-0.05, 0) is 30.7 Å². The molecule has 5 heteroatoms. The molecule has 2 rings (SSSR count). The smallest absolute Gasteiger partial charge is 0.141 e. The number of anilines is 1. The Morgan fingerprint density at radius 3 is 2.75 bits per heavy atom. The molecule has 0 bridgehead atoms. The Hall–Kier alpha value is -1.81. The van der Waals surface area contributed by atoms with E-state index < -0.39 is 0 Å². The van der Waals surface area contributed by atoms with E-state index in [0.717, 1.165) is 17.8 Å². The minimum absolute atomic E-state index is 0.00137. The lowest BCUT2D eigenvalue weighted by atomic mass is 10.1. The second-order valence-corrected chi connectivity index (χ2v) is 4.76. The van der Waals surface area contributed by atoms with E-state index in [2.05, 4.69) is 10.3 Å². The van der Waals surface area contributed by atoms with Crippen molar-refractivity contribution in [2.24, 2.45) is 0 Å². The fourth-order valence-corrected chi connectivity index (χ4v) is 2.12. The van der Waals surface area contributed by atoms with Crippen molar-refractivity contribution in [3.8, 4) is 5.75 Å². The number of benzene rings is 1. The van der Waals surface area contributed by atoms with Gasteiger partial charge in [0, 0.05) is 11.8 Å². The van der Waals surface area contributed by atoms with Gasteiger partial charge in [-0.2, -0.15) is 0 Å². The number of ether oxygens (including phenoxy) is 1. The average Bonchev–Trinajstić information content (AvgIpc) is 2.47. The summed E-state index contributed by atoms with van der Waals surface area (Å²) >= 11 is 5.99. The Labute approximate surface area is 122 Å². The Balaban J connectivity index is 2.19. The number of rotatable bonds is 5. The van der Waals surface area contributed by atoms with E-state index in [-0.39, 0.29) is 11.9 Å². The molecule has 106 valence electrons. The summed E-state index contributed by atoms with van der Waals surface area (Å²) in [6.45, 7) is 2.04. The predicted octanol–water partition coefficient (Wildman–Crippen LogP) is 4.45. The van der Waals surface area contributed by atoms with E-state index >= 15 is 0 Å². The summed E-state index contributed by atoms with van der Waals surface area (Å²) in [4.78, 5) is 4.11. The molecule has 0 saturated carbocycles. The van der Waals surface area contributed by atoms with Gasteiger partial charge in [-0.25, -0.2) is 4.39 Å². The van der Waals surface area contributed by atoms with Crippen molar-refractivity contribution in [2.45, 2.75) is 19.4 Å². The van der Waals surface area contributed by atoms with Crippen LogP contribution in [-0.2, 0) is 0 Å². The highest BCUT2D eigenvalue weighted by Crippen LogP contribution is 2.29. The zero-order valence-electron chi connectivity index (χ0n) is 11.4. The Morgan fingerprint density at radius 1 is 1.35 bits per heavy atom. The van der Waals surface area contributed by atoms with Crippen molar-refractivity contribution in [3.63, 3.8) is 0 Å². The maximum Gasteiger partial charge on any atom is 0.141 e. The number of nitrogens with one attached hydrogen (secondary N) is 1. The van der Waals surface area contributed by atoms with E-state index in [4.69, 9.17) is 16.3 Å². The molecule has 3 nitrogen and oxygen atoms in total. The third-order valence-electron chi connectivity index (χ3n) is 3.01. The van der Waals surface area contributed by atoms with Gasteiger partial charge in [0.2, 0.25) is 0 Å². The third-order valence-corrected chi connectivity index (χ3v) is 3.32. The Morgan fingerprint density at radius 2 is 2.15 bits per heavy atom. The van der Waals surface area contributed by atoms with Crippen molar-refractivity contribution in [2.75, 3.05) is 12.4 Å². The molecule has 0 fully saturated rings. The van der Waals surface area contributed by atoms with E-state index in [0.29, 0.717) is 10.8 Å². The highest BCUT2D eigenvalue weighted by molar-refractivity contribution is 6.32. The minimum atomic E-state index is -0.336. The fourth-order valence-electron chi connectivity index (χ4n) is 1.93. The lowest BCUT2D eigenvalue weighted by molar-refractivity contribution is 0.415. The normalized spacial score (nSPS) is 12.0. The van der Waals surface area contributed by atoms with Gasteiger partial charge in [0.25, 0.3) is 0 Å². The van der Waals surface area contributed by atoms with Gasteiger partial charge in [-0.15, -0.1) is 0 Å². The molecule has 0 aliphatic heterocycles. The first kappa shape index (κ1) is 14.6. The van der Waals surface area contributed by atoms with Crippen molar-refractivity contribution in [3.05, 3.63) is 53.1 Å². The Bertz CT molecular complexity index is 575. The molecule has 1 atom stereocenters. The molecule has 1 N–H and O–H groups in total. The van der Waals surface area contributed by atoms with Gasteiger partial charge >= 0.3 is 0 Å². The monoisotopic (exact) mass is 294 g/mol. The van der Waals surface area contributed by atoms with Gasteiger partial charge < -0.3 is 10.1 Å². The van der Waals surface area contributed by atoms with Crippen LogP contribution in [0.5, 0.6) is 5.75 Å². The van der Waals surface area contributed by atoms with Crippen LogP contribution in [-0.4, -0.2) is 12.1 Å². The first-order chi connectivity index (χ1) is 9.63. The summed E-state index contributed by atoms with van der Waals surface area (Å²) in [6.07, 6.45) is 2.05. The van der Waals surface area contributed by atoms with Crippen molar-refractivity contribution in [1.29, 1.82) is 0 Å². The van der Waals surface area contributed by atoms with Crippen LogP contribution < -0.4 is 10.1 Å². The van der Waals surface area contributed by atoms with Crippen molar-refractivity contribution < 1.29 is 9.13 Å². The highest BCUT2D eigenvalue weighted by atomic mass is 35.5. The largest absolute Gasteiger partial charge is 0.495 e. The number of nitrogens with zero attached hydrogens (tertiary/aromatic N) is 1. The van der Waals surface area contributed by atoms with Crippen LogP contribution >= 0.6 is 11.6 Å². The maximum atomic E-state index is 12.9. The first-order valence-electron chi connectivity index (χ1n) is 6.35. The zero-order chi connectivity index (χ0) is 14.5. The number of pyridine rings is 1. The van der Waals surface area contributed by atoms with Crippen LogP contribution in [0.2, 0.25) is 5.02 Å². The molecule has 0 spiro atoms. The lowest BCUT2D eigenvalue weighted by Gasteiger charge is -2.18. The van der Waals surface area contributed by atoms with E-state index in [1.165, 1.54) is 12.3 Å². The SMILES string of the molecule is CCC(Nc1ccc(Cl)c(OC)c1)c1ccc(F)cn1. The summed E-state index contributed by atoms with van der Waals surface area (Å²) in [6, 6.07) is 8.57. The number of halogens is 2. The summed E-state index contributed by atoms with van der Waals surface area (Å²) in [7, 11) is 1.57. The van der Waals surface area contributed by atoms with E-state index in [9.17, 15) is 4.39 Å². The quantitative estimate of drug-likeness (QED) is 0.885. The molecular weight excluding hydrogens is 279 g/mol. The molecule has 2 aromatic rings. The molecule has 1 heterocycles. The van der Waals surface area contributed by atoms with Crippen molar-refractivity contribution in [1.82, 2.24) is 4.98 Å². The number of aromatic nitrogens is 1. The number of hydrogen-bond acceptors (Lipinski definition) is 3. The van der Waals surface area contributed by atoms with E-state index in [1.807, 2.05) is 19.1 Å². The molecule has 1 aromatic heterocycles. The second-order valence-electron chi connectivity index (χ2n) is 4.36. The average molecular weight is 295 g/mol. The minimum Gasteiger partial charge on any atom is -0.495 e. The predicted molar refractivity (Wildman–Crippen MR) is 78.9 cm³/mol. The van der Waals surface area contributed by atoms with Crippen molar-refractivity contribution >= 4 is 17.3 Å². The van der Waals surface area contributed by atoms with Gasteiger partial charge in [-0.3, -0.25) is 4.98 Å². The summed E-state index contributed by atoms with van der Waals surface area (Å²) in [5.74, 6) is 0.273. The van der Waals surface area contributed by atoms with Gasteiger partial charge in [0.15, 0.2) is 0 Å². The molecular formula is C15H16ClFN2O. The topological polar surface area (TPSA) is 34.1 Å². The molecule has 1 unspecified atom stereocenters. The molecule has 0 radical (unpaired) electrons. The summed E-state index contributed by atoms with van der Waals surface area (Å²) in [5.41, 5.74) is 1.67.